The van der Waals surface area contributed by atoms with Gasteiger partial charge in [-0.3, -0.25) is 4.79 Å². The van der Waals surface area contributed by atoms with Crippen LogP contribution in [-0.2, 0) is 11.3 Å². The molecule has 31 heavy (non-hydrogen) atoms. The minimum atomic E-state index is -0.507. The maximum absolute atomic E-state index is 13.5. The van der Waals surface area contributed by atoms with Crippen LogP contribution in [0.2, 0.25) is 0 Å². The highest BCUT2D eigenvalue weighted by atomic mass is 79.9. The summed E-state index contributed by atoms with van der Waals surface area (Å²) in [5.74, 6) is -0.407. The highest BCUT2D eigenvalue weighted by Gasteiger charge is 2.39. The standard InChI is InChI=1S/C27H20BrNO2/c28-21-14-15-23(25(30)16-21)26-22-8-4-5-9-24(22)29(27(26)31)17-18-10-12-20(13-11-18)19-6-2-1-3-7-19/h1-16,26,30H,17H2. The van der Waals surface area contributed by atoms with Gasteiger partial charge in [-0.25, -0.2) is 0 Å². The van der Waals surface area contributed by atoms with Crippen LogP contribution >= 0.6 is 15.9 Å². The highest BCUT2D eigenvalue weighted by Crippen LogP contribution is 2.44. The van der Waals surface area contributed by atoms with Crippen LogP contribution in [0.1, 0.15) is 22.6 Å². The number of amides is 1. The fraction of sp³-hybridized carbons (Fsp3) is 0.0741. The number of carbonyl (C=O) groups excluding carboxylic acids is 1. The molecule has 1 atom stereocenters. The Morgan fingerprint density at radius 1 is 0.774 bits per heavy atom. The van der Waals surface area contributed by atoms with E-state index in [9.17, 15) is 9.90 Å². The molecule has 0 bridgehead atoms. The predicted octanol–water partition coefficient (Wildman–Crippen LogP) is 6.50. The van der Waals surface area contributed by atoms with Crippen molar-refractivity contribution >= 4 is 27.5 Å². The van der Waals surface area contributed by atoms with Gasteiger partial charge in [-0.05, 0) is 40.5 Å². The minimum absolute atomic E-state index is 0.0223. The summed E-state index contributed by atoms with van der Waals surface area (Å²) >= 11 is 3.38. The molecular formula is C27H20BrNO2. The molecule has 1 heterocycles. The highest BCUT2D eigenvalue weighted by molar-refractivity contribution is 9.10. The fourth-order valence-electron chi connectivity index (χ4n) is 4.23. The topological polar surface area (TPSA) is 40.5 Å². The molecule has 4 aromatic rings. The molecule has 4 heteroatoms. The van der Waals surface area contributed by atoms with E-state index in [0.717, 1.165) is 26.9 Å². The van der Waals surface area contributed by atoms with Crippen molar-refractivity contribution in [1.82, 2.24) is 0 Å². The van der Waals surface area contributed by atoms with Crippen molar-refractivity contribution in [3.05, 3.63) is 118 Å². The Bertz CT molecular complexity index is 1250. The summed E-state index contributed by atoms with van der Waals surface area (Å²) in [6.07, 6.45) is 0. The lowest BCUT2D eigenvalue weighted by molar-refractivity contribution is -0.118. The third kappa shape index (κ3) is 3.64. The molecule has 0 spiro atoms. The van der Waals surface area contributed by atoms with Crippen molar-refractivity contribution in [2.24, 2.45) is 0 Å². The Balaban J connectivity index is 1.47. The average Bonchev–Trinajstić information content (AvgIpc) is 3.06. The number of fused-ring (bicyclic) bond motifs is 1. The first-order valence-electron chi connectivity index (χ1n) is 10.1. The summed E-state index contributed by atoms with van der Waals surface area (Å²) in [4.78, 5) is 15.3. The first-order chi connectivity index (χ1) is 15.1. The normalized spacial score (nSPS) is 15.2. The average molecular weight is 470 g/mol. The molecule has 5 rings (SSSR count). The summed E-state index contributed by atoms with van der Waals surface area (Å²) in [6, 6.07) is 31.7. The number of hydrogen-bond acceptors (Lipinski definition) is 2. The van der Waals surface area contributed by atoms with Crippen molar-refractivity contribution in [3.8, 4) is 16.9 Å². The Hall–Kier alpha value is -3.37. The second-order valence-corrected chi connectivity index (χ2v) is 8.60. The third-order valence-corrected chi connectivity index (χ3v) is 6.25. The van der Waals surface area contributed by atoms with Gasteiger partial charge >= 0.3 is 0 Å². The SMILES string of the molecule is O=C1C(c2ccc(Br)cc2O)c2ccccc2N1Cc1ccc(-c2ccccc2)cc1. The number of aromatic hydroxyl groups is 1. The van der Waals surface area contributed by atoms with Crippen LogP contribution in [0, 0.1) is 0 Å². The molecule has 0 aromatic heterocycles. The summed E-state index contributed by atoms with van der Waals surface area (Å²) in [7, 11) is 0. The number of rotatable bonds is 4. The molecule has 0 aliphatic carbocycles. The molecule has 1 N–H and O–H groups in total. The van der Waals surface area contributed by atoms with Crippen molar-refractivity contribution in [2.45, 2.75) is 12.5 Å². The van der Waals surface area contributed by atoms with Crippen LogP contribution < -0.4 is 4.90 Å². The minimum Gasteiger partial charge on any atom is -0.508 e. The van der Waals surface area contributed by atoms with Gasteiger partial charge in [-0.15, -0.1) is 0 Å². The first kappa shape index (κ1) is 19.6. The maximum Gasteiger partial charge on any atom is 0.239 e. The van der Waals surface area contributed by atoms with Crippen molar-refractivity contribution in [1.29, 1.82) is 0 Å². The number of hydrogen-bond donors (Lipinski definition) is 1. The zero-order valence-electron chi connectivity index (χ0n) is 16.7. The molecule has 0 saturated heterocycles. The third-order valence-electron chi connectivity index (χ3n) is 5.76. The summed E-state index contributed by atoms with van der Waals surface area (Å²) in [6.45, 7) is 0.485. The Morgan fingerprint density at radius 3 is 2.19 bits per heavy atom. The van der Waals surface area contributed by atoms with E-state index >= 15 is 0 Å². The molecular weight excluding hydrogens is 450 g/mol. The van der Waals surface area contributed by atoms with E-state index in [-0.39, 0.29) is 11.7 Å². The smallest absolute Gasteiger partial charge is 0.239 e. The first-order valence-corrected chi connectivity index (χ1v) is 10.9. The molecule has 0 radical (unpaired) electrons. The van der Waals surface area contributed by atoms with Gasteiger partial charge in [0.25, 0.3) is 0 Å². The van der Waals surface area contributed by atoms with Crippen LogP contribution in [0.25, 0.3) is 11.1 Å². The van der Waals surface area contributed by atoms with E-state index < -0.39 is 5.92 Å². The monoisotopic (exact) mass is 469 g/mol. The van der Waals surface area contributed by atoms with Crippen molar-refractivity contribution < 1.29 is 9.90 Å². The van der Waals surface area contributed by atoms with E-state index in [0.29, 0.717) is 12.1 Å². The Kier molecular flexibility index (Phi) is 5.08. The van der Waals surface area contributed by atoms with E-state index in [4.69, 9.17) is 0 Å². The van der Waals surface area contributed by atoms with E-state index in [1.807, 2.05) is 59.5 Å². The largest absolute Gasteiger partial charge is 0.508 e. The second-order valence-electron chi connectivity index (χ2n) is 7.68. The van der Waals surface area contributed by atoms with Crippen LogP contribution in [0.15, 0.2) is 102 Å². The number of phenolic OH excluding ortho intramolecular Hbond substituents is 1. The molecule has 1 amide bonds. The van der Waals surface area contributed by atoms with E-state index in [1.54, 1.807) is 6.07 Å². The van der Waals surface area contributed by atoms with Gasteiger partial charge in [0, 0.05) is 15.7 Å². The zero-order valence-corrected chi connectivity index (χ0v) is 18.3. The molecule has 1 aliphatic rings. The second kappa shape index (κ2) is 8.05. The van der Waals surface area contributed by atoms with E-state index in [2.05, 4.69) is 52.3 Å². The quantitative estimate of drug-likeness (QED) is 0.370. The zero-order chi connectivity index (χ0) is 21.4. The van der Waals surface area contributed by atoms with Crippen molar-refractivity contribution in [3.63, 3.8) is 0 Å². The predicted molar refractivity (Wildman–Crippen MR) is 127 cm³/mol. The molecule has 3 nitrogen and oxygen atoms in total. The van der Waals surface area contributed by atoms with Gasteiger partial charge in [-0.1, -0.05) is 94.8 Å². The molecule has 0 saturated carbocycles. The lowest BCUT2D eigenvalue weighted by Gasteiger charge is -2.19. The van der Waals surface area contributed by atoms with E-state index in [1.165, 1.54) is 5.56 Å². The number of benzene rings is 4. The lowest BCUT2D eigenvalue weighted by atomic mass is 9.92. The molecule has 0 fully saturated rings. The Morgan fingerprint density at radius 2 is 1.45 bits per heavy atom. The number of carbonyl (C=O) groups is 1. The van der Waals surface area contributed by atoms with Gasteiger partial charge in [-0.2, -0.15) is 0 Å². The number of nitrogens with zero attached hydrogens (tertiary/aromatic N) is 1. The Labute approximate surface area is 189 Å². The van der Waals surface area contributed by atoms with Crippen LogP contribution in [0.3, 0.4) is 0 Å². The fourth-order valence-corrected chi connectivity index (χ4v) is 4.57. The molecule has 1 unspecified atom stereocenters. The molecule has 152 valence electrons. The number of halogens is 1. The van der Waals surface area contributed by atoms with Crippen molar-refractivity contribution in [2.75, 3.05) is 4.90 Å². The number of phenols is 1. The van der Waals surface area contributed by atoms with Gasteiger partial charge < -0.3 is 10.0 Å². The summed E-state index contributed by atoms with van der Waals surface area (Å²) in [5.41, 5.74) is 5.82. The van der Waals surface area contributed by atoms with Gasteiger partial charge in [0.05, 0.1) is 12.5 Å². The summed E-state index contributed by atoms with van der Waals surface area (Å²) in [5, 5.41) is 10.5. The number of anilines is 1. The van der Waals surface area contributed by atoms with Crippen LogP contribution in [-0.4, -0.2) is 11.0 Å². The van der Waals surface area contributed by atoms with Gasteiger partial charge in [0.2, 0.25) is 5.91 Å². The lowest BCUT2D eigenvalue weighted by Crippen LogP contribution is -2.28. The number of para-hydroxylation sites is 1. The summed E-state index contributed by atoms with van der Waals surface area (Å²) < 4.78 is 0.780. The maximum atomic E-state index is 13.5. The molecule has 4 aromatic carbocycles. The van der Waals surface area contributed by atoms with Gasteiger partial charge in [0.1, 0.15) is 5.75 Å². The molecule has 1 aliphatic heterocycles. The van der Waals surface area contributed by atoms with Crippen LogP contribution in [0.4, 0.5) is 5.69 Å². The van der Waals surface area contributed by atoms with Gasteiger partial charge in [0.15, 0.2) is 0 Å². The van der Waals surface area contributed by atoms with Crippen LogP contribution in [0.5, 0.6) is 5.75 Å².